The van der Waals surface area contributed by atoms with Crippen molar-refractivity contribution < 1.29 is 9.63 Å². The lowest BCUT2D eigenvalue weighted by Gasteiger charge is -2.06. The third-order valence-electron chi connectivity index (χ3n) is 2.81. The van der Waals surface area contributed by atoms with E-state index in [1.807, 2.05) is 17.5 Å². The van der Waals surface area contributed by atoms with Crippen LogP contribution >= 0.6 is 11.3 Å². The zero-order valence-corrected chi connectivity index (χ0v) is 11.2. The summed E-state index contributed by atoms with van der Waals surface area (Å²) in [6.45, 7) is 0. The van der Waals surface area contributed by atoms with Crippen LogP contribution < -0.4 is 5.73 Å². The molecule has 1 atom stereocenters. The Morgan fingerprint density at radius 1 is 1.30 bits per heavy atom. The van der Waals surface area contributed by atoms with Gasteiger partial charge in [-0.1, -0.05) is 17.3 Å². The summed E-state index contributed by atoms with van der Waals surface area (Å²) in [6, 6.07) is 6.48. The normalized spacial score (nSPS) is 12.4. The maximum atomic E-state index is 9.24. The summed E-state index contributed by atoms with van der Waals surface area (Å²) >= 11 is 1.47. The van der Waals surface area contributed by atoms with Gasteiger partial charge in [0.2, 0.25) is 11.7 Å². The zero-order valence-electron chi connectivity index (χ0n) is 10.4. The van der Waals surface area contributed by atoms with Crippen molar-refractivity contribution in [2.45, 2.75) is 12.5 Å². The molecule has 0 fully saturated rings. The van der Waals surface area contributed by atoms with Gasteiger partial charge in [0.1, 0.15) is 11.4 Å². The van der Waals surface area contributed by atoms with Crippen LogP contribution in [0.5, 0.6) is 5.75 Å². The largest absolute Gasteiger partial charge is 0.508 e. The second kappa shape index (κ2) is 5.40. The van der Waals surface area contributed by atoms with Gasteiger partial charge < -0.3 is 15.4 Å². The molecule has 2 heterocycles. The highest BCUT2D eigenvalue weighted by molar-refractivity contribution is 7.07. The Kier molecular flexibility index (Phi) is 3.44. The van der Waals surface area contributed by atoms with E-state index in [1.165, 1.54) is 11.3 Å². The molecule has 0 saturated heterocycles. The van der Waals surface area contributed by atoms with Crippen molar-refractivity contribution in [2.75, 3.05) is 0 Å². The first-order valence-electron chi connectivity index (χ1n) is 5.98. The van der Waals surface area contributed by atoms with E-state index < -0.39 is 0 Å². The van der Waals surface area contributed by atoms with Crippen LogP contribution in [0.1, 0.15) is 17.5 Å². The number of hydrogen-bond acceptors (Lipinski definition) is 7. The van der Waals surface area contributed by atoms with Crippen LogP contribution in [0, 0.1) is 0 Å². The predicted octanol–water partition coefficient (Wildman–Crippen LogP) is 2.14. The molecule has 0 aliphatic carbocycles. The molecule has 0 aliphatic heterocycles. The second-order valence-electron chi connectivity index (χ2n) is 4.31. The Morgan fingerprint density at radius 2 is 2.10 bits per heavy atom. The lowest BCUT2D eigenvalue weighted by molar-refractivity contribution is 0.354. The van der Waals surface area contributed by atoms with Gasteiger partial charge in [0.05, 0.1) is 11.6 Å². The summed E-state index contributed by atoms with van der Waals surface area (Å²) in [4.78, 5) is 8.38. The minimum Gasteiger partial charge on any atom is -0.508 e. The van der Waals surface area contributed by atoms with Crippen LogP contribution in [0.4, 0.5) is 0 Å². The number of aromatic hydroxyl groups is 1. The number of nitrogens with zero attached hydrogens (tertiary/aromatic N) is 3. The van der Waals surface area contributed by atoms with Crippen LogP contribution in [0.15, 0.2) is 39.7 Å². The van der Waals surface area contributed by atoms with Gasteiger partial charge >= 0.3 is 0 Å². The minimum absolute atomic E-state index is 0.228. The number of thiazole rings is 1. The van der Waals surface area contributed by atoms with Gasteiger partial charge in [0.25, 0.3) is 0 Å². The zero-order chi connectivity index (χ0) is 13.9. The van der Waals surface area contributed by atoms with Gasteiger partial charge in [0, 0.05) is 5.38 Å². The fraction of sp³-hybridized carbons (Fsp3) is 0.154. The molecule has 7 heteroatoms. The van der Waals surface area contributed by atoms with Crippen molar-refractivity contribution in [3.05, 3.63) is 46.6 Å². The second-order valence-corrected chi connectivity index (χ2v) is 5.03. The Balaban J connectivity index is 1.74. The number of benzene rings is 1. The van der Waals surface area contributed by atoms with Gasteiger partial charge in [-0.25, -0.2) is 4.98 Å². The molecule has 6 nitrogen and oxygen atoms in total. The molecule has 102 valence electrons. The number of nitrogens with two attached hydrogens (primary N) is 1. The van der Waals surface area contributed by atoms with Crippen LogP contribution in [-0.2, 0) is 6.42 Å². The molecule has 3 N–H and O–H groups in total. The molecule has 0 saturated carbocycles. The SMILES string of the molecule is NC(Cc1ccc(O)cc1)c1nc(-c2cscn2)no1. The van der Waals surface area contributed by atoms with E-state index >= 15 is 0 Å². The van der Waals surface area contributed by atoms with Crippen LogP contribution in [0.2, 0.25) is 0 Å². The van der Waals surface area contributed by atoms with E-state index in [0.29, 0.717) is 23.8 Å². The van der Waals surface area contributed by atoms with Crippen LogP contribution in [0.3, 0.4) is 0 Å². The molecule has 3 aromatic rings. The van der Waals surface area contributed by atoms with Gasteiger partial charge in [-0.05, 0) is 24.1 Å². The van der Waals surface area contributed by atoms with Gasteiger partial charge in [-0.15, -0.1) is 11.3 Å². The maximum absolute atomic E-state index is 9.24. The number of hydrogen-bond donors (Lipinski definition) is 2. The van der Waals surface area contributed by atoms with Crippen LogP contribution in [0.25, 0.3) is 11.5 Å². The maximum Gasteiger partial charge on any atom is 0.244 e. The van der Waals surface area contributed by atoms with Crippen molar-refractivity contribution in [3.8, 4) is 17.3 Å². The Morgan fingerprint density at radius 3 is 2.80 bits per heavy atom. The third kappa shape index (κ3) is 2.68. The van der Waals surface area contributed by atoms with E-state index in [2.05, 4.69) is 15.1 Å². The average Bonchev–Trinajstić information content (AvgIpc) is 3.11. The number of aromatic nitrogens is 3. The Bertz CT molecular complexity index is 679. The molecule has 0 amide bonds. The van der Waals surface area contributed by atoms with Crippen molar-refractivity contribution in [2.24, 2.45) is 5.73 Å². The Hall–Kier alpha value is -2.25. The first-order chi connectivity index (χ1) is 9.72. The summed E-state index contributed by atoms with van der Waals surface area (Å²) in [5, 5.41) is 15.0. The fourth-order valence-corrected chi connectivity index (χ4v) is 2.32. The predicted molar refractivity (Wildman–Crippen MR) is 74.1 cm³/mol. The number of phenols is 1. The topological polar surface area (TPSA) is 98.1 Å². The van der Waals surface area contributed by atoms with Crippen molar-refractivity contribution in [3.63, 3.8) is 0 Å². The van der Waals surface area contributed by atoms with Gasteiger partial charge in [0.15, 0.2) is 0 Å². The highest BCUT2D eigenvalue weighted by Crippen LogP contribution is 2.20. The standard InChI is InChI=1S/C13H12N4O2S/c14-10(5-8-1-3-9(18)4-2-8)13-16-12(17-19-13)11-6-20-7-15-11/h1-4,6-7,10,18H,5,14H2. The molecular formula is C13H12N4O2S. The number of rotatable bonds is 4. The molecule has 0 radical (unpaired) electrons. The van der Waals surface area contributed by atoms with Crippen molar-refractivity contribution in [1.29, 1.82) is 0 Å². The van der Waals surface area contributed by atoms with E-state index in [9.17, 15) is 5.11 Å². The summed E-state index contributed by atoms with van der Waals surface area (Å²) < 4.78 is 5.18. The minimum atomic E-state index is -0.389. The molecule has 2 aromatic heterocycles. The molecular weight excluding hydrogens is 276 g/mol. The van der Waals surface area contributed by atoms with E-state index in [1.54, 1.807) is 17.6 Å². The first-order valence-corrected chi connectivity index (χ1v) is 6.92. The smallest absolute Gasteiger partial charge is 0.244 e. The molecule has 1 aromatic carbocycles. The monoisotopic (exact) mass is 288 g/mol. The lowest BCUT2D eigenvalue weighted by Crippen LogP contribution is -2.13. The summed E-state index contributed by atoms with van der Waals surface area (Å²) in [5.41, 5.74) is 9.44. The molecule has 0 aliphatic rings. The van der Waals surface area contributed by atoms with E-state index in [4.69, 9.17) is 10.3 Å². The average molecular weight is 288 g/mol. The van der Waals surface area contributed by atoms with E-state index in [0.717, 1.165) is 5.56 Å². The third-order valence-corrected chi connectivity index (χ3v) is 3.40. The molecule has 3 rings (SSSR count). The lowest BCUT2D eigenvalue weighted by atomic mass is 10.1. The van der Waals surface area contributed by atoms with Crippen LogP contribution in [-0.4, -0.2) is 20.2 Å². The highest BCUT2D eigenvalue weighted by Gasteiger charge is 2.17. The quantitative estimate of drug-likeness (QED) is 0.763. The van der Waals surface area contributed by atoms with E-state index in [-0.39, 0.29) is 11.8 Å². The molecule has 0 bridgehead atoms. The summed E-state index contributed by atoms with van der Waals surface area (Å²) in [7, 11) is 0. The first kappa shape index (κ1) is 12.8. The molecule has 1 unspecified atom stereocenters. The highest BCUT2D eigenvalue weighted by atomic mass is 32.1. The van der Waals surface area contributed by atoms with Crippen molar-refractivity contribution in [1.82, 2.24) is 15.1 Å². The van der Waals surface area contributed by atoms with Gasteiger partial charge in [-0.3, -0.25) is 0 Å². The van der Waals surface area contributed by atoms with Gasteiger partial charge in [-0.2, -0.15) is 4.98 Å². The summed E-state index contributed by atoms with van der Waals surface area (Å²) in [5.74, 6) is 1.05. The number of phenolic OH excluding ortho intramolecular Hbond substituents is 1. The Labute approximate surface area is 118 Å². The molecule has 0 spiro atoms. The molecule has 20 heavy (non-hydrogen) atoms. The summed E-state index contributed by atoms with van der Waals surface area (Å²) in [6.07, 6.45) is 0.555. The fourth-order valence-electron chi connectivity index (χ4n) is 1.79. The van der Waals surface area contributed by atoms with Crippen molar-refractivity contribution >= 4 is 11.3 Å².